The van der Waals surface area contributed by atoms with Crippen LogP contribution in [0.1, 0.15) is 40.4 Å². The number of carbonyl (C=O) groups is 1. The second-order valence-corrected chi connectivity index (χ2v) is 8.20. The number of carbonyl (C=O) groups excluding carboxylic acids is 1. The Morgan fingerprint density at radius 2 is 1.71 bits per heavy atom. The molecule has 2 atom stereocenters. The van der Waals surface area contributed by atoms with Crippen molar-refractivity contribution in [2.75, 3.05) is 25.1 Å². The van der Waals surface area contributed by atoms with Gasteiger partial charge in [-0.25, -0.2) is 0 Å². The number of hydrogen-bond donors (Lipinski definition) is 2. The van der Waals surface area contributed by atoms with Gasteiger partial charge >= 0.3 is 0 Å². The highest BCUT2D eigenvalue weighted by molar-refractivity contribution is 6.04. The van der Waals surface area contributed by atoms with E-state index in [1.807, 2.05) is 48.5 Å². The number of para-hydroxylation sites is 1. The van der Waals surface area contributed by atoms with Crippen molar-refractivity contribution in [2.45, 2.75) is 25.4 Å². The summed E-state index contributed by atoms with van der Waals surface area (Å²) in [6.07, 6.45) is 2.39. The van der Waals surface area contributed by atoms with Crippen LogP contribution in [0.4, 0.5) is 5.69 Å². The first-order valence-corrected chi connectivity index (χ1v) is 11.0. The molecular formula is C26H27N2O3+. The molecule has 0 aliphatic carbocycles. The lowest BCUT2D eigenvalue weighted by Gasteiger charge is -2.24. The summed E-state index contributed by atoms with van der Waals surface area (Å²) in [4.78, 5) is 14.0. The average molecular weight is 416 g/mol. The molecule has 1 fully saturated rings. The maximum absolute atomic E-state index is 12.5. The van der Waals surface area contributed by atoms with E-state index in [9.17, 15) is 4.79 Å². The molecule has 1 amide bonds. The molecule has 2 aliphatic rings. The Morgan fingerprint density at radius 3 is 2.52 bits per heavy atom. The maximum atomic E-state index is 12.5. The van der Waals surface area contributed by atoms with Crippen LogP contribution in [0.5, 0.6) is 11.5 Å². The Labute approximate surface area is 182 Å². The van der Waals surface area contributed by atoms with Crippen molar-refractivity contribution < 1.29 is 19.2 Å². The van der Waals surface area contributed by atoms with Crippen molar-refractivity contribution in [3.05, 3.63) is 89.5 Å². The van der Waals surface area contributed by atoms with Gasteiger partial charge in [-0.05, 0) is 42.5 Å². The summed E-state index contributed by atoms with van der Waals surface area (Å²) >= 11 is 0. The van der Waals surface area contributed by atoms with Crippen LogP contribution in [0.3, 0.4) is 0 Å². The van der Waals surface area contributed by atoms with E-state index in [-0.39, 0.29) is 5.91 Å². The van der Waals surface area contributed by atoms with Gasteiger partial charge in [0.1, 0.15) is 25.8 Å². The minimum Gasteiger partial charge on any atom is -0.486 e. The number of anilines is 1. The topological polar surface area (TPSA) is 52.0 Å². The van der Waals surface area contributed by atoms with Crippen molar-refractivity contribution in [1.29, 1.82) is 0 Å². The van der Waals surface area contributed by atoms with Crippen LogP contribution in [-0.2, 0) is 6.54 Å². The van der Waals surface area contributed by atoms with Gasteiger partial charge in [0.2, 0.25) is 0 Å². The molecule has 3 aromatic carbocycles. The summed E-state index contributed by atoms with van der Waals surface area (Å²) in [5, 5.41) is 2.94. The number of nitrogens with one attached hydrogen (secondary N) is 2. The molecule has 5 heteroatoms. The standard InChI is InChI=1S/C26H26N2O3/c29-26(27-22-5-2-1-3-6-22)20-10-8-19(9-11-20)18-28-14-4-7-23(28)21-12-13-24-25(17-21)31-16-15-30-24/h1-3,5-6,8-13,17,23H,4,7,14-16,18H2,(H,27,29)/p+1/t23-/m0/s1. The summed E-state index contributed by atoms with van der Waals surface area (Å²) in [5.74, 6) is 1.63. The predicted octanol–water partition coefficient (Wildman–Crippen LogP) is 3.63. The van der Waals surface area contributed by atoms with E-state index >= 15 is 0 Å². The van der Waals surface area contributed by atoms with Gasteiger partial charge in [0.25, 0.3) is 5.91 Å². The lowest BCUT2D eigenvalue weighted by atomic mass is 10.0. The van der Waals surface area contributed by atoms with Crippen LogP contribution in [-0.4, -0.2) is 25.7 Å². The molecule has 1 unspecified atom stereocenters. The van der Waals surface area contributed by atoms with Crippen LogP contribution in [0, 0.1) is 0 Å². The molecule has 158 valence electrons. The second kappa shape index (κ2) is 8.82. The van der Waals surface area contributed by atoms with Crippen molar-refractivity contribution in [3.63, 3.8) is 0 Å². The van der Waals surface area contributed by atoms with Gasteiger partial charge in [0, 0.05) is 35.2 Å². The molecule has 2 aliphatic heterocycles. The maximum Gasteiger partial charge on any atom is 0.255 e. The van der Waals surface area contributed by atoms with Gasteiger partial charge in [-0.15, -0.1) is 0 Å². The van der Waals surface area contributed by atoms with Gasteiger partial charge < -0.3 is 19.7 Å². The highest BCUT2D eigenvalue weighted by Crippen LogP contribution is 2.33. The molecule has 31 heavy (non-hydrogen) atoms. The number of amides is 1. The van der Waals surface area contributed by atoms with Crippen molar-refractivity contribution >= 4 is 11.6 Å². The number of quaternary nitrogens is 1. The first-order chi connectivity index (χ1) is 15.3. The van der Waals surface area contributed by atoms with Gasteiger partial charge in [-0.3, -0.25) is 4.79 Å². The number of likely N-dealkylation sites (tertiary alicyclic amines) is 1. The smallest absolute Gasteiger partial charge is 0.255 e. The number of rotatable bonds is 5. The van der Waals surface area contributed by atoms with E-state index in [0.717, 1.165) is 30.3 Å². The summed E-state index contributed by atoms with van der Waals surface area (Å²) in [5.41, 5.74) is 4.04. The van der Waals surface area contributed by atoms with E-state index in [2.05, 4.69) is 29.6 Å². The quantitative estimate of drug-likeness (QED) is 0.669. The van der Waals surface area contributed by atoms with Crippen molar-refractivity contribution in [1.82, 2.24) is 0 Å². The van der Waals surface area contributed by atoms with Gasteiger partial charge in [-0.1, -0.05) is 30.3 Å². The summed E-state index contributed by atoms with van der Waals surface area (Å²) < 4.78 is 11.5. The summed E-state index contributed by atoms with van der Waals surface area (Å²) in [7, 11) is 0. The Morgan fingerprint density at radius 1 is 0.935 bits per heavy atom. The van der Waals surface area contributed by atoms with Crippen LogP contribution in [0.25, 0.3) is 0 Å². The summed E-state index contributed by atoms with van der Waals surface area (Å²) in [6, 6.07) is 24.4. The fourth-order valence-corrected chi connectivity index (χ4v) is 4.56. The Hall–Kier alpha value is -3.31. The molecular weight excluding hydrogens is 388 g/mol. The number of fused-ring (bicyclic) bond motifs is 1. The molecule has 2 heterocycles. The SMILES string of the molecule is O=C(Nc1ccccc1)c1ccc(C[NH+]2CCC[C@H]2c2ccc3c(c2)OCCO3)cc1. The van der Waals surface area contributed by atoms with Crippen molar-refractivity contribution in [2.24, 2.45) is 0 Å². The van der Waals surface area contributed by atoms with E-state index in [4.69, 9.17) is 9.47 Å². The monoisotopic (exact) mass is 415 g/mol. The van der Waals surface area contributed by atoms with Gasteiger partial charge in [0.05, 0.1) is 6.54 Å². The fourth-order valence-electron chi connectivity index (χ4n) is 4.56. The lowest BCUT2D eigenvalue weighted by molar-refractivity contribution is -0.932. The zero-order valence-electron chi connectivity index (χ0n) is 17.5. The number of ether oxygens (including phenoxy) is 2. The molecule has 0 bridgehead atoms. The first kappa shape index (κ1) is 19.6. The van der Waals surface area contributed by atoms with E-state index in [1.54, 1.807) is 4.90 Å². The van der Waals surface area contributed by atoms with E-state index < -0.39 is 0 Å². The molecule has 0 spiro atoms. The highest BCUT2D eigenvalue weighted by atomic mass is 16.6. The Bertz CT molecular complexity index is 1050. The van der Waals surface area contributed by atoms with Crippen LogP contribution in [0.15, 0.2) is 72.8 Å². The Balaban J connectivity index is 1.25. The van der Waals surface area contributed by atoms with E-state index in [0.29, 0.717) is 24.8 Å². The predicted molar refractivity (Wildman–Crippen MR) is 120 cm³/mol. The molecule has 1 saturated heterocycles. The normalized spacial score (nSPS) is 19.7. The average Bonchev–Trinajstić information content (AvgIpc) is 3.28. The third-order valence-corrected chi connectivity index (χ3v) is 6.13. The second-order valence-electron chi connectivity index (χ2n) is 8.20. The summed E-state index contributed by atoms with van der Waals surface area (Å²) in [6.45, 7) is 3.32. The Kier molecular flexibility index (Phi) is 5.59. The minimum atomic E-state index is -0.0829. The third-order valence-electron chi connectivity index (χ3n) is 6.13. The van der Waals surface area contributed by atoms with Gasteiger partial charge in [0.15, 0.2) is 11.5 Å². The van der Waals surface area contributed by atoms with Crippen molar-refractivity contribution in [3.8, 4) is 11.5 Å². The molecule has 0 radical (unpaired) electrons. The zero-order valence-corrected chi connectivity index (χ0v) is 17.5. The largest absolute Gasteiger partial charge is 0.486 e. The number of benzene rings is 3. The lowest BCUT2D eigenvalue weighted by Crippen LogP contribution is -3.08. The van der Waals surface area contributed by atoms with Crippen LogP contribution < -0.4 is 19.7 Å². The van der Waals surface area contributed by atoms with Crippen LogP contribution >= 0.6 is 0 Å². The molecule has 5 rings (SSSR count). The zero-order chi connectivity index (χ0) is 21.0. The molecule has 2 N–H and O–H groups in total. The third kappa shape index (κ3) is 4.42. The van der Waals surface area contributed by atoms with Crippen LogP contribution in [0.2, 0.25) is 0 Å². The minimum absolute atomic E-state index is 0.0829. The van der Waals surface area contributed by atoms with Gasteiger partial charge in [-0.2, -0.15) is 0 Å². The fraction of sp³-hybridized carbons (Fsp3) is 0.269. The number of hydrogen-bond acceptors (Lipinski definition) is 3. The highest BCUT2D eigenvalue weighted by Gasteiger charge is 2.31. The molecule has 3 aromatic rings. The first-order valence-electron chi connectivity index (χ1n) is 11.0. The molecule has 5 nitrogen and oxygen atoms in total. The molecule has 0 saturated carbocycles. The molecule has 0 aromatic heterocycles. The van der Waals surface area contributed by atoms with E-state index in [1.165, 1.54) is 24.0 Å².